The van der Waals surface area contributed by atoms with Crippen molar-refractivity contribution in [2.24, 2.45) is 34.8 Å². The number of likely N-dealkylation sites (N-methyl/N-ethyl adjacent to an activating group) is 1. The Labute approximate surface area is 313 Å². The molecule has 54 heavy (non-hydrogen) atoms. The van der Waals surface area contributed by atoms with Gasteiger partial charge in [0.05, 0.1) is 29.6 Å². The minimum absolute atomic E-state index is 0.0190. The highest BCUT2D eigenvalue weighted by atomic mass is 16.7. The molecule has 0 saturated heterocycles. The average molecular weight is 758 g/mol. The maximum absolute atomic E-state index is 14.3. The lowest BCUT2D eigenvalue weighted by Crippen LogP contribution is -2.74. The van der Waals surface area contributed by atoms with Gasteiger partial charge in [-0.1, -0.05) is 20.8 Å². The van der Waals surface area contributed by atoms with Crippen molar-refractivity contribution in [3.05, 3.63) is 17.2 Å². The summed E-state index contributed by atoms with van der Waals surface area (Å²) in [4.78, 5) is 110. The number of ether oxygens (including phenoxy) is 2. The molecular weight excluding hydrogens is 706 g/mol. The molecule has 1 aromatic carbocycles. The molecule has 3 aliphatic rings. The molecule has 296 valence electrons. The van der Waals surface area contributed by atoms with Crippen molar-refractivity contribution in [2.75, 3.05) is 51.7 Å². The molecule has 17 nitrogen and oxygen atoms in total. The Hall–Kier alpha value is -4.90. The number of esters is 1. The van der Waals surface area contributed by atoms with Gasteiger partial charge in [0.25, 0.3) is 0 Å². The van der Waals surface area contributed by atoms with Crippen molar-refractivity contribution in [2.45, 2.75) is 78.0 Å². The number of primary amides is 1. The number of hydrogen-bond acceptors (Lipinski definition) is 14. The van der Waals surface area contributed by atoms with Crippen molar-refractivity contribution in [3.63, 3.8) is 0 Å². The summed E-state index contributed by atoms with van der Waals surface area (Å²) < 4.78 is 10.1. The number of hydrogen-bond donors (Lipinski definition) is 4. The molecule has 0 aromatic heterocycles. The van der Waals surface area contributed by atoms with Crippen LogP contribution in [0.1, 0.15) is 70.3 Å². The van der Waals surface area contributed by atoms with E-state index < -0.39 is 107 Å². The first-order valence-corrected chi connectivity index (χ1v) is 17.5. The Morgan fingerprint density at radius 3 is 2.11 bits per heavy atom. The van der Waals surface area contributed by atoms with Crippen LogP contribution in [0.3, 0.4) is 0 Å². The normalized spacial score (nSPS) is 25.3. The van der Waals surface area contributed by atoms with Gasteiger partial charge in [0.1, 0.15) is 12.3 Å². The number of fused-ring (bicyclic) bond motifs is 3. The lowest BCUT2D eigenvalue weighted by atomic mass is 9.52. The number of amides is 3. The molecule has 2 fully saturated rings. The summed E-state index contributed by atoms with van der Waals surface area (Å²) in [5.41, 5.74) is 1.38. The Morgan fingerprint density at radius 2 is 1.59 bits per heavy atom. The van der Waals surface area contributed by atoms with Crippen LogP contribution in [0.4, 0.5) is 16.2 Å². The van der Waals surface area contributed by atoms with E-state index in [0.717, 1.165) is 4.90 Å². The van der Waals surface area contributed by atoms with Gasteiger partial charge in [-0.25, -0.2) is 4.79 Å². The molecule has 0 bridgehead atoms. The van der Waals surface area contributed by atoms with Gasteiger partial charge in [-0.2, -0.15) is 0 Å². The number of ketones is 4. The highest BCUT2D eigenvalue weighted by molar-refractivity contribution is 6.32. The molecular formula is C37H51N5O12. The van der Waals surface area contributed by atoms with Crippen LogP contribution in [0.5, 0.6) is 5.75 Å². The van der Waals surface area contributed by atoms with Gasteiger partial charge in [-0.3, -0.25) is 43.4 Å². The molecule has 5 N–H and O–H groups in total. The van der Waals surface area contributed by atoms with E-state index >= 15 is 0 Å². The van der Waals surface area contributed by atoms with Crippen LogP contribution in [0.15, 0.2) is 6.07 Å². The van der Waals surface area contributed by atoms with Gasteiger partial charge >= 0.3 is 12.1 Å². The van der Waals surface area contributed by atoms with Crippen molar-refractivity contribution in [3.8, 4) is 5.75 Å². The first kappa shape index (κ1) is 41.9. The van der Waals surface area contributed by atoms with Crippen LogP contribution < -0.4 is 16.0 Å². The second kappa shape index (κ2) is 14.7. The molecule has 3 amide bonds. The maximum Gasteiger partial charge on any atom is 0.413 e. The van der Waals surface area contributed by atoms with Crippen molar-refractivity contribution < 1.29 is 58.0 Å². The largest absolute Gasteiger partial charge is 0.505 e. The maximum atomic E-state index is 14.3. The number of benzene rings is 1. The Kier molecular flexibility index (Phi) is 11.4. The van der Waals surface area contributed by atoms with Gasteiger partial charge in [-0.15, -0.1) is 0 Å². The lowest BCUT2D eigenvalue weighted by Gasteiger charge is -2.52. The second-order valence-corrected chi connectivity index (χ2v) is 16.9. The fourth-order valence-electron chi connectivity index (χ4n) is 7.76. The van der Waals surface area contributed by atoms with Crippen LogP contribution in [0.25, 0.3) is 0 Å². The molecule has 6 atom stereocenters. The Morgan fingerprint density at radius 1 is 0.981 bits per heavy atom. The van der Waals surface area contributed by atoms with Gasteiger partial charge in [-0.05, 0) is 70.7 Å². The smallest absolute Gasteiger partial charge is 0.413 e. The van der Waals surface area contributed by atoms with E-state index in [1.165, 1.54) is 25.1 Å². The summed E-state index contributed by atoms with van der Waals surface area (Å²) in [5, 5.41) is 25.9. The molecule has 0 aliphatic heterocycles. The van der Waals surface area contributed by atoms with E-state index in [2.05, 4.69) is 5.32 Å². The number of phenolic OH excluding ortho intramolecular Hbond substituents is 1. The van der Waals surface area contributed by atoms with Gasteiger partial charge in [0.15, 0.2) is 34.7 Å². The van der Waals surface area contributed by atoms with Crippen molar-refractivity contribution in [1.29, 1.82) is 0 Å². The topological polar surface area (TPSA) is 243 Å². The minimum atomic E-state index is -2.89. The summed E-state index contributed by atoms with van der Waals surface area (Å²) in [6.45, 7) is 9.17. The number of aromatic hydroxyl groups is 1. The predicted molar refractivity (Wildman–Crippen MR) is 192 cm³/mol. The van der Waals surface area contributed by atoms with Crippen LogP contribution in [-0.4, -0.2) is 126 Å². The van der Waals surface area contributed by atoms with Crippen molar-refractivity contribution >= 4 is 58.4 Å². The van der Waals surface area contributed by atoms with E-state index in [4.69, 9.17) is 15.2 Å². The first-order valence-electron chi connectivity index (χ1n) is 17.5. The quantitative estimate of drug-likeness (QED) is 0.119. The number of Topliss-reactive ketones (excluding diaryl/α,β-unsaturated/α-hetero) is 4. The van der Waals surface area contributed by atoms with Crippen molar-refractivity contribution in [1.82, 2.24) is 9.80 Å². The van der Waals surface area contributed by atoms with Crippen LogP contribution in [-0.2, 0) is 44.7 Å². The third-order valence-corrected chi connectivity index (χ3v) is 10.2. The summed E-state index contributed by atoms with van der Waals surface area (Å²) in [5.74, 6) is -13.5. The second-order valence-electron chi connectivity index (χ2n) is 16.9. The summed E-state index contributed by atoms with van der Waals surface area (Å²) >= 11 is 0. The number of nitrogens with one attached hydrogen (secondary N) is 1. The highest BCUT2D eigenvalue weighted by Gasteiger charge is 2.69. The molecule has 2 saturated carbocycles. The molecule has 2 unspecified atom stereocenters. The van der Waals surface area contributed by atoms with E-state index in [0.29, 0.717) is 11.3 Å². The number of aliphatic hydroxyl groups is 1. The molecule has 1 aromatic rings. The van der Waals surface area contributed by atoms with Gasteiger partial charge in [0.2, 0.25) is 18.6 Å². The predicted octanol–water partition coefficient (Wildman–Crippen LogP) is 1.05. The van der Waals surface area contributed by atoms with Crippen LogP contribution in [0.2, 0.25) is 0 Å². The number of carbonyl (C=O) groups is 8. The van der Waals surface area contributed by atoms with E-state index in [1.54, 1.807) is 39.8 Å². The Bertz CT molecular complexity index is 1790. The number of nitrogens with two attached hydrogens (primary N) is 1. The van der Waals surface area contributed by atoms with E-state index in [1.807, 2.05) is 20.8 Å². The first-order chi connectivity index (χ1) is 24.7. The number of nitrogens with zero attached hydrogens (tertiary/aromatic N) is 3. The third kappa shape index (κ3) is 7.69. The fraction of sp³-hybridized carbons (Fsp3) is 0.622. The molecule has 17 heteroatoms. The highest BCUT2D eigenvalue weighted by Crippen LogP contribution is 2.52. The number of anilines is 2. The summed E-state index contributed by atoms with van der Waals surface area (Å²) in [7, 11) is 6.33. The van der Waals surface area contributed by atoms with Gasteiger partial charge < -0.3 is 35.6 Å². The zero-order valence-corrected chi connectivity index (χ0v) is 32.4. The summed E-state index contributed by atoms with van der Waals surface area (Å²) in [6.07, 6.45) is -0.983. The zero-order chi connectivity index (χ0) is 41.0. The third-order valence-electron chi connectivity index (χ3n) is 10.2. The lowest BCUT2D eigenvalue weighted by molar-refractivity contribution is -0.181. The van der Waals surface area contributed by atoms with Crippen LogP contribution in [0, 0.1) is 29.1 Å². The monoisotopic (exact) mass is 757 g/mol. The molecule has 0 radical (unpaired) electrons. The SMILES string of the molecule is CN(C)c1cc(NC(=O)CN(C(=O)OCOC(=O)CC(C)(C)C)C(C)(C)C)c(O)c2c1C[C@H]1C[C@H]3[C@H](N(C)C)C(=O)C(C(N)=O)C(=O)[C@@]3(O)C(=O)C1C2=O. The fourth-order valence-corrected chi connectivity index (χ4v) is 7.76. The standard InChI is InChI=1S/C37H51N5O12/c1-35(2,3)14-23(44)53-16-54-34(51)42(36(4,5)6)15-22(43)39-20-13-21(40(7)8)18-11-17-12-19-27(41(9)10)30(47)26(33(38)50)32(49)37(19,52)31(48)24(17)29(46)25(18)28(20)45/h13,17,19,24,26-27,45,52H,11-12,14-16H2,1-10H3,(H2,38,50)(H,39,43)/t17-,19-,24?,26?,27-,37-/m0/s1. The van der Waals surface area contributed by atoms with Gasteiger partial charge in [0, 0.05) is 31.2 Å². The Balaban J connectivity index is 1.66. The summed E-state index contributed by atoms with van der Waals surface area (Å²) in [6, 6.07) is 0.197. The number of phenols is 1. The molecule has 3 aliphatic carbocycles. The zero-order valence-electron chi connectivity index (χ0n) is 32.4. The van der Waals surface area contributed by atoms with E-state index in [-0.39, 0.29) is 35.9 Å². The molecule has 0 heterocycles. The average Bonchev–Trinajstić information content (AvgIpc) is 3.00. The van der Waals surface area contributed by atoms with E-state index in [9.17, 15) is 48.6 Å². The number of carbonyl (C=O) groups excluding carboxylic acids is 8. The minimum Gasteiger partial charge on any atom is -0.505 e. The van der Waals surface area contributed by atoms with Crippen LogP contribution >= 0.6 is 0 Å². The number of rotatable bonds is 9. The molecule has 0 spiro atoms. The molecule has 4 rings (SSSR count).